The van der Waals surface area contributed by atoms with Crippen LogP contribution in [-0.4, -0.2) is 79.3 Å². The van der Waals surface area contributed by atoms with E-state index in [1.807, 2.05) is 18.2 Å². The van der Waals surface area contributed by atoms with Crippen molar-refractivity contribution in [2.24, 2.45) is 0 Å². The van der Waals surface area contributed by atoms with Crippen molar-refractivity contribution in [3.63, 3.8) is 0 Å². The first-order valence-corrected chi connectivity index (χ1v) is 13.7. The van der Waals surface area contributed by atoms with Gasteiger partial charge in [-0.3, -0.25) is 4.79 Å². The first kappa shape index (κ1) is 26.4. The van der Waals surface area contributed by atoms with E-state index < -0.39 is 24.4 Å². The zero-order valence-electron chi connectivity index (χ0n) is 21.3. The van der Waals surface area contributed by atoms with Crippen molar-refractivity contribution in [1.29, 1.82) is 5.26 Å². The van der Waals surface area contributed by atoms with Gasteiger partial charge in [-0.15, -0.1) is 11.3 Å². The number of nitrogens with zero attached hydrogens (tertiary/aromatic N) is 3. The topological polar surface area (TPSA) is 109 Å². The second kappa shape index (κ2) is 11.6. The Morgan fingerprint density at radius 3 is 2.63 bits per heavy atom. The third-order valence-electron chi connectivity index (χ3n) is 7.10. The van der Waals surface area contributed by atoms with E-state index in [2.05, 4.69) is 58.6 Å². The van der Waals surface area contributed by atoms with E-state index in [0.717, 1.165) is 41.5 Å². The molecule has 3 atom stereocenters. The van der Waals surface area contributed by atoms with Gasteiger partial charge in [0.2, 0.25) is 0 Å². The molecular weight excluding hydrogens is 500 g/mol. The number of carbonyl (C=O) groups excluding carboxylic acids is 1. The van der Waals surface area contributed by atoms with Crippen LogP contribution in [0.4, 0.5) is 5.69 Å². The molecule has 2 aromatic carbocycles. The number of benzene rings is 2. The van der Waals surface area contributed by atoms with Crippen LogP contribution in [0.1, 0.15) is 17.7 Å². The molecule has 2 aliphatic heterocycles. The number of hydrogen-bond acceptors (Lipinski definition) is 8. The lowest BCUT2D eigenvalue weighted by Crippen LogP contribution is -2.44. The van der Waals surface area contributed by atoms with Crippen molar-refractivity contribution in [1.82, 2.24) is 10.2 Å². The van der Waals surface area contributed by atoms with Crippen LogP contribution in [0.5, 0.6) is 0 Å². The molecule has 0 radical (unpaired) electrons. The number of anilines is 1. The predicted molar refractivity (Wildman–Crippen MR) is 150 cm³/mol. The zero-order chi connectivity index (χ0) is 26.6. The van der Waals surface area contributed by atoms with Gasteiger partial charge in [0.15, 0.2) is 6.29 Å². The summed E-state index contributed by atoms with van der Waals surface area (Å²) in [5.74, 6) is -0.512. The first-order valence-electron chi connectivity index (χ1n) is 12.9. The number of aliphatic hydroxyl groups is 2. The molecular formula is C29H32N4O4S. The summed E-state index contributed by atoms with van der Waals surface area (Å²) in [6.45, 7) is 4.33. The molecule has 0 bridgehead atoms. The average molecular weight is 533 g/mol. The van der Waals surface area contributed by atoms with Crippen LogP contribution in [0.2, 0.25) is 0 Å². The molecule has 0 spiro atoms. The van der Waals surface area contributed by atoms with Gasteiger partial charge in [0.05, 0.1) is 12.2 Å². The monoisotopic (exact) mass is 532 g/mol. The Hall–Kier alpha value is -3.26. The van der Waals surface area contributed by atoms with E-state index in [1.54, 1.807) is 6.08 Å². The van der Waals surface area contributed by atoms with Crippen LogP contribution in [0.25, 0.3) is 27.3 Å². The maximum Gasteiger partial charge on any atom is 0.262 e. The Labute approximate surface area is 226 Å². The van der Waals surface area contributed by atoms with Crippen LogP contribution in [0, 0.1) is 11.3 Å². The van der Waals surface area contributed by atoms with Crippen molar-refractivity contribution >= 4 is 39.8 Å². The Kier molecular flexibility index (Phi) is 8.07. The summed E-state index contributed by atoms with van der Waals surface area (Å²) in [5.41, 5.74) is 2.33. The Bertz CT molecular complexity index is 1360. The van der Waals surface area contributed by atoms with Gasteiger partial charge >= 0.3 is 0 Å². The third-order valence-corrected chi connectivity index (χ3v) is 8.19. The van der Waals surface area contributed by atoms with Crippen LogP contribution >= 0.6 is 11.3 Å². The summed E-state index contributed by atoms with van der Waals surface area (Å²) in [6.07, 6.45) is -0.172. The van der Waals surface area contributed by atoms with Crippen LogP contribution in [0.15, 0.2) is 54.1 Å². The van der Waals surface area contributed by atoms with Gasteiger partial charge in [0, 0.05) is 61.0 Å². The fourth-order valence-electron chi connectivity index (χ4n) is 4.92. The molecule has 0 saturated carbocycles. The minimum absolute atomic E-state index is 0.00902. The lowest BCUT2D eigenvalue weighted by atomic mass is 10.0. The molecule has 3 N–H and O–H groups in total. The van der Waals surface area contributed by atoms with Crippen LogP contribution in [0.3, 0.4) is 0 Å². The Balaban J connectivity index is 1.25. The minimum atomic E-state index is -1.05. The maximum atomic E-state index is 12.6. The zero-order valence-corrected chi connectivity index (χ0v) is 22.2. The third kappa shape index (κ3) is 6.23. The number of hydrogen-bond donors (Lipinski definition) is 3. The molecule has 0 aliphatic carbocycles. The minimum Gasteiger partial charge on any atom is -0.393 e. The molecule has 3 heterocycles. The van der Waals surface area contributed by atoms with Crippen molar-refractivity contribution < 1.29 is 19.7 Å². The molecule has 3 unspecified atom stereocenters. The summed E-state index contributed by atoms with van der Waals surface area (Å²) in [7, 11) is 2.16. The predicted octanol–water partition coefficient (Wildman–Crippen LogP) is 3.20. The number of likely N-dealkylation sites (N-methyl/N-ethyl adjacent to an activating group) is 1. The summed E-state index contributed by atoms with van der Waals surface area (Å²) < 4.78 is 5.34. The molecule has 2 aliphatic rings. The number of nitriles is 1. The second-order valence-electron chi connectivity index (χ2n) is 9.96. The molecule has 1 amide bonds. The average Bonchev–Trinajstić information content (AvgIpc) is 3.38. The molecule has 38 heavy (non-hydrogen) atoms. The highest BCUT2D eigenvalue weighted by Crippen LogP contribution is 2.33. The van der Waals surface area contributed by atoms with Crippen LogP contribution < -0.4 is 10.2 Å². The number of piperazine rings is 1. The number of ether oxygens (including phenoxy) is 1. The SMILES string of the molecule is CN1CCN(c2ccc3cc(-c4ccc(/C=C(\C#N)C(=O)NCC5CC(O)CC(O)O5)s4)ccc3c2)CC1. The molecule has 8 nitrogen and oxygen atoms in total. The van der Waals surface area contributed by atoms with Crippen LogP contribution in [-0.2, 0) is 9.53 Å². The van der Waals surface area contributed by atoms with Gasteiger partial charge < -0.3 is 30.1 Å². The lowest BCUT2D eigenvalue weighted by Gasteiger charge is -2.34. The van der Waals surface area contributed by atoms with E-state index in [4.69, 9.17) is 4.74 Å². The van der Waals surface area contributed by atoms with Gasteiger partial charge in [-0.25, -0.2) is 0 Å². The van der Waals surface area contributed by atoms with Gasteiger partial charge in [0.1, 0.15) is 11.6 Å². The van der Waals surface area contributed by atoms with Crippen molar-refractivity contribution in [3.05, 3.63) is 59.0 Å². The van der Waals surface area contributed by atoms with E-state index >= 15 is 0 Å². The van der Waals surface area contributed by atoms with E-state index in [-0.39, 0.29) is 18.5 Å². The van der Waals surface area contributed by atoms with E-state index in [1.165, 1.54) is 27.8 Å². The number of carbonyl (C=O) groups is 1. The maximum absolute atomic E-state index is 12.6. The fraction of sp³-hybridized carbons (Fsp3) is 0.379. The molecule has 2 fully saturated rings. The number of aliphatic hydroxyl groups excluding tert-OH is 2. The number of rotatable bonds is 6. The summed E-state index contributed by atoms with van der Waals surface area (Å²) in [6, 6.07) is 18.9. The van der Waals surface area contributed by atoms with Crippen molar-refractivity contribution in [2.45, 2.75) is 31.3 Å². The van der Waals surface area contributed by atoms with Gasteiger partial charge in [0.25, 0.3) is 5.91 Å². The molecule has 3 aromatic rings. The number of thiophene rings is 1. The fourth-order valence-corrected chi connectivity index (χ4v) is 5.87. The largest absolute Gasteiger partial charge is 0.393 e. The normalized spacial score (nSPS) is 22.8. The quantitative estimate of drug-likeness (QED) is 0.330. The van der Waals surface area contributed by atoms with Crippen molar-refractivity contribution in [3.8, 4) is 16.5 Å². The number of fused-ring (bicyclic) bond motifs is 1. The van der Waals surface area contributed by atoms with Crippen molar-refractivity contribution in [2.75, 3.05) is 44.7 Å². The number of amides is 1. The molecule has 198 valence electrons. The summed E-state index contributed by atoms with van der Waals surface area (Å²) in [4.78, 5) is 19.2. The summed E-state index contributed by atoms with van der Waals surface area (Å²) in [5, 5.41) is 34.0. The Morgan fingerprint density at radius 1 is 1.11 bits per heavy atom. The number of nitrogens with one attached hydrogen (secondary N) is 1. The smallest absolute Gasteiger partial charge is 0.262 e. The standard InChI is InChI=1S/C29H32N4O4S/c1-32-8-10-33(11-9-32)23-5-4-19-12-21(3-2-20(19)13-23)27-7-6-26(38-27)14-22(17-30)29(36)31-18-25-15-24(34)16-28(35)37-25/h2-7,12-14,24-25,28,34-35H,8-11,15-16,18H2,1H3,(H,31,36)/b22-14+. The highest BCUT2D eigenvalue weighted by atomic mass is 32.1. The van der Waals surface area contributed by atoms with E-state index in [9.17, 15) is 20.3 Å². The molecule has 9 heteroatoms. The molecule has 2 saturated heterocycles. The highest BCUT2D eigenvalue weighted by Gasteiger charge is 2.27. The van der Waals surface area contributed by atoms with Gasteiger partial charge in [-0.2, -0.15) is 5.26 Å². The van der Waals surface area contributed by atoms with E-state index in [0.29, 0.717) is 6.42 Å². The van der Waals surface area contributed by atoms with Gasteiger partial charge in [-0.05, 0) is 59.8 Å². The first-order chi connectivity index (χ1) is 18.4. The highest BCUT2D eigenvalue weighted by molar-refractivity contribution is 7.16. The molecule has 1 aromatic heterocycles. The van der Waals surface area contributed by atoms with Gasteiger partial charge in [-0.1, -0.05) is 18.2 Å². The summed E-state index contributed by atoms with van der Waals surface area (Å²) >= 11 is 1.52. The lowest BCUT2D eigenvalue weighted by molar-refractivity contribution is -0.187. The molecule has 5 rings (SSSR count). The Morgan fingerprint density at radius 2 is 1.87 bits per heavy atom. The second-order valence-corrected chi connectivity index (χ2v) is 11.1.